The first-order chi connectivity index (χ1) is 39.8. The Hall–Kier alpha value is -6.63. The molecule has 2 aromatic heterocycles. The number of hydrogen-bond acceptors (Lipinski definition) is 17. The summed E-state index contributed by atoms with van der Waals surface area (Å²) < 4.78 is 36.5. The Balaban J connectivity index is 0.000000230. The second-order valence-corrected chi connectivity index (χ2v) is 23.9. The zero-order chi connectivity index (χ0) is 61.3. The van der Waals surface area contributed by atoms with Gasteiger partial charge in [0, 0.05) is 101 Å². The largest absolute Gasteiger partial charge is 0.508 e. The molecule has 4 aliphatic rings. The molecule has 0 spiro atoms. The van der Waals surface area contributed by atoms with Gasteiger partial charge in [-0.2, -0.15) is 0 Å². The van der Waals surface area contributed by atoms with Crippen molar-refractivity contribution in [3.05, 3.63) is 137 Å². The topological polar surface area (TPSA) is 270 Å². The number of aryl methyl sites for hydroxylation is 2. The smallest absolute Gasteiger partial charge is 0.444 e. The van der Waals surface area contributed by atoms with Crippen molar-refractivity contribution < 1.29 is 53.0 Å². The van der Waals surface area contributed by atoms with Gasteiger partial charge in [-0.3, -0.25) is 38.5 Å². The van der Waals surface area contributed by atoms with Crippen molar-refractivity contribution in [3.8, 4) is 0 Å². The Kier molecular flexibility index (Phi) is 24.5. The van der Waals surface area contributed by atoms with Crippen LogP contribution < -0.4 is 22.5 Å². The number of aromatic nitrogens is 4. The molecule has 4 aliphatic heterocycles. The Labute approximate surface area is 491 Å². The first kappa shape index (κ1) is 66.5. The summed E-state index contributed by atoms with van der Waals surface area (Å²) in [7, 11) is 0. The van der Waals surface area contributed by atoms with Gasteiger partial charge in [-0.1, -0.05) is 74.5 Å². The van der Waals surface area contributed by atoms with Crippen molar-refractivity contribution in [1.82, 2.24) is 38.7 Å². The van der Waals surface area contributed by atoms with Gasteiger partial charge < -0.3 is 48.4 Å². The second-order valence-electron chi connectivity index (χ2n) is 23.9. The molecule has 4 aromatic rings. The van der Waals surface area contributed by atoms with Crippen molar-refractivity contribution >= 4 is 18.3 Å². The number of nitrogens with one attached hydrogen (secondary N) is 2. The van der Waals surface area contributed by atoms with Gasteiger partial charge in [-0.25, -0.2) is 24.0 Å². The van der Waals surface area contributed by atoms with Crippen LogP contribution in [0.15, 0.2) is 92.2 Å². The van der Waals surface area contributed by atoms with Crippen molar-refractivity contribution in [2.45, 2.75) is 194 Å². The number of amides is 2. The number of aliphatic hydroxyl groups excluding tert-OH is 2. The number of benzene rings is 2. The van der Waals surface area contributed by atoms with Crippen LogP contribution >= 0.6 is 0 Å². The number of aliphatic hydroxyl groups is 2. The molecule has 0 radical (unpaired) electrons. The Morgan fingerprint density at radius 3 is 1.52 bits per heavy atom. The molecule has 8 atom stereocenters. The fourth-order valence-electron chi connectivity index (χ4n) is 10.7. The van der Waals surface area contributed by atoms with E-state index in [0.717, 1.165) is 50.9 Å². The maximum atomic E-state index is 12.8. The van der Waals surface area contributed by atoms with Crippen LogP contribution in [0.2, 0.25) is 0 Å². The summed E-state index contributed by atoms with van der Waals surface area (Å²) in [6.45, 7) is 23.7. The summed E-state index contributed by atoms with van der Waals surface area (Å²) >= 11 is 0. The molecule has 4 N–H and O–H groups in total. The van der Waals surface area contributed by atoms with Crippen molar-refractivity contribution in [3.63, 3.8) is 0 Å². The predicted octanol–water partition coefficient (Wildman–Crippen LogP) is 6.75. The molecule has 2 amide bonds. The van der Waals surface area contributed by atoms with Crippen LogP contribution in [0.5, 0.6) is 0 Å². The second kappa shape index (κ2) is 31.0. The van der Waals surface area contributed by atoms with Crippen LogP contribution in [0.3, 0.4) is 0 Å². The van der Waals surface area contributed by atoms with E-state index in [1.54, 1.807) is 18.7 Å². The van der Waals surface area contributed by atoms with E-state index in [9.17, 15) is 43.8 Å². The lowest BCUT2D eigenvalue weighted by Gasteiger charge is -2.32. The van der Waals surface area contributed by atoms with E-state index in [2.05, 4.69) is 31.9 Å². The molecule has 0 saturated carbocycles. The maximum Gasteiger partial charge on any atom is 0.508 e. The molecule has 464 valence electrons. The highest BCUT2D eigenvalue weighted by Crippen LogP contribution is 2.33. The van der Waals surface area contributed by atoms with Crippen LogP contribution in [0.4, 0.5) is 14.4 Å². The fourth-order valence-corrected chi connectivity index (χ4v) is 10.7. The normalized spacial score (nSPS) is 22.3. The van der Waals surface area contributed by atoms with E-state index in [1.807, 2.05) is 109 Å². The van der Waals surface area contributed by atoms with Gasteiger partial charge in [0.2, 0.25) is 0 Å². The van der Waals surface area contributed by atoms with Crippen molar-refractivity contribution in [2.75, 3.05) is 52.5 Å². The maximum absolute atomic E-state index is 12.8. The summed E-state index contributed by atoms with van der Waals surface area (Å²) in [5, 5.41) is 19.1. The first-order valence-electron chi connectivity index (χ1n) is 29.4. The minimum Gasteiger partial charge on any atom is -0.444 e. The van der Waals surface area contributed by atoms with Gasteiger partial charge in [0.1, 0.15) is 36.4 Å². The lowest BCUT2D eigenvalue weighted by molar-refractivity contribution is -0.0384. The highest BCUT2D eigenvalue weighted by molar-refractivity contribution is 5.69. The molecule has 8 rings (SSSR count). The van der Waals surface area contributed by atoms with Crippen LogP contribution in [0, 0.1) is 13.8 Å². The number of H-pyrrole nitrogens is 2. The minimum absolute atomic E-state index is 0.0108. The van der Waals surface area contributed by atoms with E-state index in [0.29, 0.717) is 63.1 Å². The monoisotopic (exact) mass is 1170 g/mol. The average molecular weight is 1180 g/mol. The SMILES string of the molecule is CC(C)(C)OC(=O)N1CCC[C@H]1CN(CCO)Cc1ccccc1.CC[C@H]1O[C@@H](n2cc(C)c(=O)[nH]c2=O)C[C@H]1O.CC[C@H]1O[C@@H](n2cc(C)c(=O)[nH]c2=O)C[C@H]1OC(=O)OCCN(Cc1ccccc1)C[C@@H]1CCCN1C(=O)OC(C)(C)C. The Morgan fingerprint density at radius 1 is 0.655 bits per heavy atom. The molecule has 2 aromatic carbocycles. The number of ether oxygens (including phenoxy) is 6. The summed E-state index contributed by atoms with van der Waals surface area (Å²) in [6, 6.07) is 20.4. The van der Waals surface area contributed by atoms with E-state index < -0.39 is 70.6 Å². The molecule has 0 bridgehead atoms. The molecule has 0 aliphatic carbocycles. The van der Waals surface area contributed by atoms with E-state index in [1.165, 1.54) is 27.1 Å². The number of likely N-dealkylation sites (tertiary alicyclic amines) is 2. The minimum atomic E-state index is -0.811. The molecule has 84 heavy (non-hydrogen) atoms. The highest BCUT2D eigenvalue weighted by atomic mass is 16.7. The third-order valence-electron chi connectivity index (χ3n) is 14.8. The number of rotatable bonds is 18. The van der Waals surface area contributed by atoms with Crippen molar-refractivity contribution in [1.29, 1.82) is 0 Å². The zero-order valence-corrected chi connectivity index (χ0v) is 50.7. The van der Waals surface area contributed by atoms with Gasteiger partial charge >= 0.3 is 29.7 Å². The predicted molar refractivity (Wildman–Crippen MR) is 314 cm³/mol. The van der Waals surface area contributed by atoms with Gasteiger partial charge in [-0.05, 0) is 105 Å². The molecular weight excluding hydrogens is 1080 g/mol. The highest BCUT2D eigenvalue weighted by Gasteiger charge is 2.40. The van der Waals surface area contributed by atoms with Crippen LogP contribution in [-0.2, 0) is 41.5 Å². The molecule has 4 saturated heterocycles. The number of aromatic amines is 2. The van der Waals surface area contributed by atoms with Crippen LogP contribution in [0.25, 0.3) is 0 Å². The lowest BCUT2D eigenvalue weighted by atomic mass is 10.1. The third-order valence-corrected chi connectivity index (χ3v) is 14.8. The number of hydrogen-bond donors (Lipinski definition) is 4. The van der Waals surface area contributed by atoms with Gasteiger partial charge in [0.15, 0.2) is 0 Å². The number of carbonyl (C=O) groups excluding carboxylic acids is 3. The standard InChI is InChI=1S/C31H44N4O8.C19H30N2O3.C11H16N2O4/c1-6-24-25(17-26(41-24)35-18-21(2)27(36)32-28(35)37)42-30(39)40-16-15-33(19-22-11-8-7-9-12-22)20-23-13-10-14-34(23)29(38)43-31(3,4)5;1-19(2,3)24-18(23)21-11-7-10-17(21)15-20(12-13-22)14-16-8-5-4-6-9-16;1-3-8-7(14)4-9(17-8)13-5-6(2)10(15)12-11(13)16/h7-9,11-12,18,23-26H,6,10,13-17,19-20H2,1-5H3,(H,32,36,37);4-6,8-9,17,22H,7,10-15H2,1-3H3;5,7-9,14H,3-4H2,1-2H3,(H,12,15,16)/t23-,24+,25+,26+;17-;7-,8-,9-/m001/s1. The molecule has 23 heteroatoms. The average Bonchev–Trinajstić information content (AvgIpc) is 4.16. The summed E-state index contributed by atoms with van der Waals surface area (Å²) in [5.74, 6) is 0. The Morgan fingerprint density at radius 2 is 1.10 bits per heavy atom. The van der Waals surface area contributed by atoms with Crippen molar-refractivity contribution in [2.24, 2.45) is 0 Å². The van der Waals surface area contributed by atoms with E-state index >= 15 is 0 Å². The van der Waals surface area contributed by atoms with Gasteiger partial charge in [0.05, 0.1) is 24.9 Å². The van der Waals surface area contributed by atoms with E-state index in [-0.39, 0.29) is 50.0 Å². The summed E-state index contributed by atoms with van der Waals surface area (Å²) in [6.07, 6.45) is 4.17. The molecule has 23 nitrogen and oxygen atoms in total. The zero-order valence-electron chi connectivity index (χ0n) is 50.7. The number of nitrogens with zero attached hydrogens (tertiary/aromatic N) is 6. The van der Waals surface area contributed by atoms with Crippen LogP contribution in [-0.4, -0.2) is 167 Å². The molecular formula is C61H90N8O15. The quantitative estimate of drug-likeness (QED) is 0.0593. The van der Waals surface area contributed by atoms with Crippen LogP contribution in [0.1, 0.15) is 141 Å². The molecule has 4 fully saturated rings. The van der Waals surface area contributed by atoms with Gasteiger partial charge in [0.25, 0.3) is 11.1 Å². The molecule has 0 unspecified atom stereocenters. The molecule has 6 heterocycles. The number of carbonyl (C=O) groups is 3. The lowest BCUT2D eigenvalue weighted by Crippen LogP contribution is -2.45. The van der Waals surface area contributed by atoms with E-state index in [4.69, 9.17) is 28.4 Å². The summed E-state index contributed by atoms with van der Waals surface area (Å²) in [5.41, 5.74) is 0.185. The third kappa shape index (κ3) is 20.0. The fraction of sp³-hybridized carbons (Fsp3) is 0.623. The summed E-state index contributed by atoms with van der Waals surface area (Å²) in [4.78, 5) is 97.5. The van der Waals surface area contributed by atoms with Gasteiger partial charge in [-0.15, -0.1) is 0 Å². The Bertz CT molecular complexity index is 2970. The first-order valence-corrected chi connectivity index (χ1v) is 29.4.